The van der Waals surface area contributed by atoms with Gasteiger partial charge in [0.2, 0.25) is 5.91 Å². The van der Waals surface area contributed by atoms with Crippen molar-refractivity contribution in [2.24, 2.45) is 0 Å². The van der Waals surface area contributed by atoms with Crippen molar-refractivity contribution in [3.05, 3.63) is 16.6 Å². The first-order chi connectivity index (χ1) is 7.33. The third-order valence-corrected chi connectivity index (χ3v) is 2.48. The van der Waals surface area contributed by atoms with E-state index in [1.54, 1.807) is 30.2 Å². The van der Waals surface area contributed by atoms with Crippen LogP contribution in [0.5, 0.6) is 0 Å². The second kappa shape index (κ2) is 7.33. The van der Waals surface area contributed by atoms with Crippen LogP contribution in [0.25, 0.3) is 0 Å². The maximum absolute atomic E-state index is 11.2. The molecule has 1 aromatic rings. The normalized spacial score (nSPS) is 10.2. The maximum atomic E-state index is 11.2. The lowest BCUT2D eigenvalue weighted by molar-refractivity contribution is -0.120. The number of hydrogen-bond acceptors (Lipinski definition) is 5. The number of carbonyl (C=O) groups is 1. The van der Waals surface area contributed by atoms with Gasteiger partial charge in [0.05, 0.1) is 18.7 Å². The summed E-state index contributed by atoms with van der Waals surface area (Å²) in [5, 5.41) is 5.76. The number of nitrogens with zero attached hydrogens (tertiary/aromatic N) is 1. The average molecular weight is 229 g/mol. The molecule has 0 aliphatic heterocycles. The number of rotatable bonds is 7. The zero-order chi connectivity index (χ0) is 10.9. The zero-order valence-electron chi connectivity index (χ0n) is 8.66. The molecule has 15 heavy (non-hydrogen) atoms. The van der Waals surface area contributed by atoms with Gasteiger partial charge in [0.15, 0.2) is 0 Å². The number of aromatic nitrogens is 1. The lowest BCUT2D eigenvalue weighted by atomic mass is 10.5. The van der Waals surface area contributed by atoms with Crippen molar-refractivity contribution < 1.29 is 9.53 Å². The van der Waals surface area contributed by atoms with Gasteiger partial charge >= 0.3 is 0 Å². The zero-order valence-corrected chi connectivity index (χ0v) is 9.47. The number of amides is 1. The molecule has 2 N–H and O–H groups in total. The summed E-state index contributed by atoms with van der Waals surface area (Å²) in [6, 6.07) is 0. The Kier molecular flexibility index (Phi) is 5.91. The molecule has 0 saturated carbocycles. The van der Waals surface area contributed by atoms with Gasteiger partial charge in [0, 0.05) is 31.3 Å². The van der Waals surface area contributed by atoms with Gasteiger partial charge in [0.25, 0.3) is 0 Å². The summed E-state index contributed by atoms with van der Waals surface area (Å²) in [6.07, 6.45) is 1.79. The van der Waals surface area contributed by atoms with Crippen molar-refractivity contribution in [1.29, 1.82) is 0 Å². The van der Waals surface area contributed by atoms with E-state index in [0.717, 1.165) is 4.88 Å². The SMILES string of the molecule is COCCNC(=O)CNCc1cncs1. The molecular formula is C9H15N3O2S. The van der Waals surface area contributed by atoms with E-state index in [2.05, 4.69) is 15.6 Å². The van der Waals surface area contributed by atoms with Gasteiger partial charge in [-0.3, -0.25) is 9.78 Å². The topological polar surface area (TPSA) is 63.2 Å². The molecule has 1 aromatic heterocycles. The Labute approximate surface area is 92.9 Å². The first kappa shape index (κ1) is 12.1. The summed E-state index contributed by atoms with van der Waals surface area (Å²) in [5.41, 5.74) is 1.77. The molecule has 0 bridgehead atoms. The first-order valence-electron chi connectivity index (χ1n) is 4.66. The van der Waals surface area contributed by atoms with Crippen molar-refractivity contribution >= 4 is 17.2 Å². The second-order valence-corrected chi connectivity index (χ2v) is 3.88. The fourth-order valence-electron chi connectivity index (χ4n) is 0.984. The molecule has 0 saturated heterocycles. The predicted octanol–water partition coefficient (Wildman–Crippen LogP) is -0.00470. The molecular weight excluding hydrogens is 214 g/mol. The number of hydrogen-bond donors (Lipinski definition) is 2. The van der Waals surface area contributed by atoms with Crippen LogP contribution in [-0.4, -0.2) is 37.7 Å². The van der Waals surface area contributed by atoms with Crippen LogP contribution in [0.15, 0.2) is 11.7 Å². The van der Waals surface area contributed by atoms with Crippen LogP contribution in [0.2, 0.25) is 0 Å². The molecule has 0 unspecified atom stereocenters. The summed E-state index contributed by atoms with van der Waals surface area (Å²) in [4.78, 5) is 16.3. The highest BCUT2D eigenvalue weighted by molar-refractivity contribution is 7.09. The van der Waals surface area contributed by atoms with E-state index in [1.165, 1.54) is 0 Å². The largest absolute Gasteiger partial charge is 0.383 e. The lowest BCUT2D eigenvalue weighted by Crippen LogP contribution is -2.35. The van der Waals surface area contributed by atoms with E-state index < -0.39 is 0 Å². The minimum absolute atomic E-state index is 0.0171. The van der Waals surface area contributed by atoms with Crippen molar-refractivity contribution in [3.63, 3.8) is 0 Å². The Bertz CT molecular complexity index is 277. The Morgan fingerprint density at radius 3 is 3.20 bits per heavy atom. The lowest BCUT2D eigenvalue weighted by Gasteiger charge is -2.04. The molecule has 5 nitrogen and oxygen atoms in total. The third kappa shape index (κ3) is 5.46. The fraction of sp³-hybridized carbons (Fsp3) is 0.556. The highest BCUT2D eigenvalue weighted by Crippen LogP contribution is 2.03. The Balaban J connectivity index is 2.02. The highest BCUT2D eigenvalue weighted by atomic mass is 32.1. The molecule has 0 aliphatic carbocycles. The molecule has 0 fully saturated rings. The summed E-state index contributed by atoms with van der Waals surface area (Å²) in [6.45, 7) is 2.10. The summed E-state index contributed by atoms with van der Waals surface area (Å²) < 4.78 is 4.81. The van der Waals surface area contributed by atoms with Crippen LogP contribution in [0.4, 0.5) is 0 Å². The second-order valence-electron chi connectivity index (χ2n) is 2.91. The molecule has 0 spiro atoms. The fourth-order valence-corrected chi connectivity index (χ4v) is 1.55. The molecule has 1 rings (SSSR count). The molecule has 0 aromatic carbocycles. The van der Waals surface area contributed by atoms with E-state index in [9.17, 15) is 4.79 Å². The minimum atomic E-state index is -0.0171. The van der Waals surface area contributed by atoms with E-state index in [0.29, 0.717) is 26.2 Å². The minimum Gasteiger partial charge on any atom is -0.383 e. The van der Waals surface area contributed by atoms with Gasteiger partial charge in [-0.15, -0.1) is 11.3 Å². The molecule has 1 heterocycles. The van der Waals surface area contributed by atoms with Crippen molar-refractivity contribution in [3.8, 4) is 0 Å². The molecule has 0 radical (unpaired) electrons. The van der Waals surface area contributed by atoms with Gasteiger partial charge in [-0.1, -0.05) is 0 Å². The van der Waals surface area contributed by atoms with Gasteiger partial charge in [-0.05, 0) is 0 Å². The van der Waals surface area contributed by atoms with Crippen molar-refractivity contribution in [2.75, 3.05) is 26.8 Å². The van der Waals surface area contributed by atoms with E-state index in [1.807, 2.05) is 0 Å². The number of nitrogens with one attached hydrogen (secondary N) is 2. The van der Waals surface area contributed by atoms with Crippen LogP contribution >= 0.6 is 11.3 Å². The third-order valence-electron chi connectivity index (χ3n) is 1.70. The van der Waals surface area contributed by atoms with Gasteiger partial charge in [0.1, 0.15) is 0 Å². The monoisotopic (exact) mass is 229 g/mol. The highest BCUT2D eigenvalue weighted by Gasteiger charge is 2.00. The number of carbonyl (C=O) groups excluding carboxylic acids is 1. The standard InChI is InChI=1S/C9H15N3O2S/c1-14-3-2-12-9(13)6-10-4-8-5-11-7-15-8/h5,7,10H,2-4,6H2,1H3,(H,12,13). The summed E-state index contributed by atoms with van der Waals surface area (Å²) >= 11 is 1.57. The van der Waals surface area contributed by atoms with E-state index in [-0.39, 0.29) is 5.91 Å². The Morgan fingerprint density at radius 2 is 2.53 bits per heavy atom. The van der Waals surface area contributed by atoms with Crippen LogP contribution in [-0.2, 0) is 16.1 Å². The summed E-state index contributed by atoms with van der Waals surface area (Å²) in [5.74, 6) is -0.0171. The Hall–Kier alpha value is -0.980. The molecule has 0 atom stereocenters. The van der Waals surface area contributed by atoms with Crippen molar-refractivity contribution in [2.45, 2.75) is 6.54 Å². The predicted molar refractivity (Wildman–Crippen MR) is 58.7 cm³/mol. The van der Waals surface area contributed by atoms with Crippen molar-refractivity contribution in [1.82, 2.24) is 15.6 Å². The number of ether oxygens (including phenoxy) is 1. The smallest absolute Gasteiger partial charge is 0.234 e. The summed E-state index contributed by atoms with van der Waals surface area (Å²) in [7, 11) is 1.61. The van der Waals surface area contributed by atoms with Crippen LogP contribution in [0, 0.1) is 0 Å². The molecule has 6 heteroatoms. The Morgan fingerprint density at radius 1 is 1.67 bits per heavy atom. The van der Waals surface area contributed by atoms with E-state index in [4.69, 9.17) is 4.74 Å². The van der Waals surface area contributed by atoms with Gasteiger partial charge in [-0.2, -0.15) is 0 Å². The number of methoxy groups -OCH3 is 1. The van der Waals surface area contributed by atoms with Crippen LogP contribution in [0.3, 0.4) is 0 Å². The van der Waals surface area contributed by atoms with Gasteiger partial charge < -0.3 is 15.4 Å². The molecule has 1 amide bonds. The molecule has 84 valence electrons. The maximum Gasteiger partial charge on any atom is 0.234 e. The number of thiazole rings is 1. The van der Waals surface area contributed by atoms with Crippen LogP contribution < -0.4 is 10.6 Å². The molecule has 0 aliphatic rings. The van der Waals surface area contributed by atoms with Gasteiger partial charge in [-0.25, -0.2) is 0 Å². The van der Waals surface area contributed by atoms with E-state index >= 15 is 0 Å². The quantitative estimate of drug-likeness (QED) is 0.646. The first-order valence-corrected chi connectivity index (χ1v) is 5.54. The van der Waals surface area contributed by atoms with Crippen LogP contribution in [0.1, 0.15) is 4.88 Å². The average Bonchev–Trinajstić information content (AvgIpc) is 2.71.